The van der Waals surface area contributed by atoms with Gasteiger partial charge in [-0.15, -0.1) is 6.58 Å². The Morgan fingerprint density at radius 1 is 1.06 bits per heavy atom. The number of benzene rings is 3. The van der Waals surface area contributed by atoms with Crippen molar-refractivity contribution in [3.05, 3.63) is 102 Å². The lowest BCUT2D eigenvalue weighted by molar-refractivity contribution is -0.117. The van der Waals surface area contributed by atoms with E-state index in [4.69, 9.17) is 9.72 Å². The first-order valence-corrected chi connectivity index (χ1v) is 12.8. The van der Waals surface area contributed by atoms with Crippen LogP contribution in [0, 0.1) is 0 Å². The maximum Gasteiger partial charge on any atom is 0.227 e. The molecule has 1 aliphatic heterocycles. The Bertz CT molecular complexity index is 1360. The average molecular weight is 480 g/mol. The van der Waals surface area contributed by atoms with Gasteiger partial charge in [0, 0.05) is 31.1 Å². The van der Waals surface area contributed by atoms with Gasteiger partial charge in [-0.1, -0.05) is 55.5 Å². The summed E-state index contributed by atoms with van der Waals surface area (Å²) in [5, 5.41) is 0. The monoisotopic (exact) mass is 479 g/mol. The van der Waals surface area contributed by atoms with Gasteiger partial charge in [-0.2, -0.15) is 0 Å². The average Bonchev–Trinajstić information content (AvgIpc) is 3.48. The Morgan fingerprint density at radius 2 is 1.83 bits per heavy atom. The number of aryl methyl sites for hydroxylation is 2. The molecule has 0 spiro atoms. The predicted molar refractivity (Wildman–Crippen MR) is 146 cm³/mol. The first kappa shape index (κ1) is 23.9. The largest absolute Gasteiger partial charge is 0.493 e. The number of ether oxygens (including phenoxy) is 1. The summed E-state index contributed by atoms with van der Waals surface area (Å²) >= 11 is 0. The van der Waals surface area contributed by atoms with E-state index in [1.165, 1.54) is 5.56 Å². The standard InChI is InChI=1S/C31H33N3O2/c1-3-10-24-11-5-8-14-29(24)36-20-9-19-33-28-13-7-6-12-27(28)32-31(33)25-21-30(35)34(22-25)26-17-15-23(4-2)16-18-26/h3,5-8,11-18,25H,1,4,9-10,19-22H2,2H3. The molecule has 1 fully saturated rings. The highest BCUT2D eigenvalue weighted by Gasteiger charge is 2.34. The zero-order valence-electron chi connectivity index (χ0n) is 20.9. The highest BCUT2D eigenvalue weighted by atomic mass is 16.5. The number of carbonyl (C=O) groups is 1. The Morgan fingerprint density at radius 3 is 2.64 bits per heavy atom. The molecular formula is C31H33N3O2. The van der Waals surface area contributed by atoms with Crippen LogP contribution in [-0.2, 0) is 24.2 Å². The molecule has 5 heteroatoms. The van der Waals surface area contributed by atoms with Gasteiger partial charge in [0.25, 0.3) is 0 Å². The number of hydrogen-bond donors (Lipinski definition) is 0. The van der Waals surface area contributed by atoms with E-state index in [-0.39, 0.29) is 11.8 Å². The van der Waals surface area contributed by atoms with E-state index in [0.717, 1.165) is 59.7 Å². The number of amides is 1. The summed E-state index contributed by atoms with van der Waals surface area (Å²) in [5.74, 6) is 2.12. The van der Waals surface area contributed by atoms with Gasteiger partial charge in [0.05, 0.1) is 17.6 Å². The fourth-order valence-corrected chi connectivity index (χ4v) is 5.06. The van der Waals surface area contributed by atoms with Gasteiger partial charge in [0.1, 0.15) is 11.6 Å². The van der Waals surface area contributed by atoms with E-state index in [1.54, 1.807) is 0 Å². The van der Waals surface area contributed by atoms with Crippen LogP contribution < -0.4 is 9.64 Å². The van der Waals surface area contributed by atoms with E-state index in [1.807, 2.05) is 41.3 Å². The smallest absolute Gasteiger partial charge is 0.227 e. The normalized spacial score (nSPS) is 15.5. The van der Waals surface area contributed by atoms with Gasteiger partial charge in [0.2, 0.25) is 5.91 Å². The van der Waals surface area contributed by atoms with Gasteiger partial charge < -0.3 is 14.2 Å². The van der Waals surface area contributed by atoms with Crippen molar-refractivity contribution < 1.29 is 9.53 Å². The van der Waals surface area contributed by atoms with E-state index in [2.05, 4.69) is 60.5 Å². The van der Waals surface area contributed by atoms with Crippen molar-refractivity contribution >= 4 is 22.6 Å². The van der Waals surface area contributed by atoms with E-state index in [0.29, 0.717) is 19.6 Å². The lowest BCUT2D eigenvalue weighted by Gasteiger charge is -2.18. The third kappa shape index (κ3) is 4.92. The third-order valence-corrected chi connectivity index (χ3v) is 6.95. The van der Waals surface area contributed by atoms with Crippen LogP contribution in [0.2, 0.25) is 0 Å². The zero-order valence-corrected chi connectivity index (χ0v) is 20.9. The van der Waals surface area contributed by atoms with Crippen LogP contribution in [0.1, 0.15) is 42.6 Å². The molecule has 3 aromatic carbocycles. The molecule has 2 heterocycles. The minimum absolute atomic E-state index is 0.0602. The minimum atomic E-state index is 0.0602. The van der Waals surface area contributed by atoms with E-state index in [9.17, 15) is 4.79 Å². The first-order valence-electron chi connectivity index (χ1n) is 12.8. The Labute approximate surface area is 213 Å². The highest BCUT2D eigenvalue weighted by molar-refractivity contribution is 5.96. The number of aromatic nitrogens is 2. The summed E-state index contributed by atoms with van der Waals surface area (Å²) in [4.78, 5) is 19.9. The summed E-state index contributed by atoms with van der Waals surface area (Å²) in [6.07, 6.45) is 5.00. The fourth-order valence-electron chi connectivity index (χ4n) is 5.06. The molecule has 0 bridgehead atoms. The summed E-state index contributed by atoms with van der Waals surface area (Å²) in [5.41, 5.74) is 5.48. The Kier molecular flexibility index (Phi) is 7.17. The van der Waals surface area contributed by atoms with Crippen LogP contribution in [0.25, 0.3) is 11.0 Å². The molecule has 1 aliphatic rings. The van der Waals surface area contributed by atoms with Crippen molar-refractivity contribution in [3.8, 4) is 5.75 Å². The highest BCUT2D eigenvalue weighted by Crippen LogP contribution is 2.33. The fraction of sp³-hybridized carbons (Fsp3) is 0.290. The maximum atomic E-state index is 13.0. The van der Waals surface area contributed by atoms with E-state index >= 15 is 0 Å². The van der Waals surface area contributed by atoms with E-state index < -0.39 is 0 Å². The molecular weight excluding hydrogens is 446 g/mol. The van der Waals surface area contributed by atoms with Crippen LogP contribution in [0.3, 0.4) is 0 Å². The number of fused-ring (bicyclic) bond motifs is 1. The molecule has 184 valence electrons. The number of para-hydroxylation sites is 3. The molecule has 1 atom stereocenters. The van der Waals surface area contributed by atoms with Crippen molar-refractivity contribution in [1.29, 1.82) is 0 Å². The van der Waals surface area contributed by atoms with Crippen molar-refractivity contribution in [2.75, 3.05) is 18.1 Å². The number of hydrogen-bond acceptors (Lipinski definition) is 3. The second kappa shape index (κ2) is 10.8. The Balaban J connectivity index is 1.32. The predicted octanol–water partition coefficient (Wildman–Crippen LogP) is 6.32. The Hall–Kier alpha value is -3.86. The number of carbonyl (C=O) groups excluding carboxylic acids is 1. The maximum absolute atomic E-state index is 13.0. The number of nitrogens with zero attached hydrogens (tertiary/aromatic N) is 3. The molecule has 36 heavy (non-hydrogen) atoms. The molecule has 1 amide bonds. The molecule has 0 saturated carbocycles. The van der Waals surface area contributed by atoms with Gasteiger partial charge in [-0.25, -0.2) is 4.98 Å². The SMILES string of the molecule is C=CCc1ccccc1OCCCn1c(C2CC(=O)N(c3ccc(CC)cc3)C2)nc2ccccc21. The van der Waals surface area contributed by atoms with Crippen LogP contribution in [0.5, 0.6) is 5.75 Å². The van der Waals surface area contributed by atoms with Crippen LogP contribution in [-0.4, -0.2) is 28.6 Å². The number of anilines is 1. The lowest BCUT2D eigenvalue weighted by Crippen LogP contribution is -2.24. The summed E-state index contributed by atoms with van der Waals surface area (Å²) in [6, 6.07) is 24.7. The van der Waals surface area contributed by atoms with Crippen LogP contribution in [0.4, 0.5) is 5.69 Å². The quantitative estimate of drug-likeness (QED) is 0.198. The number of rotatable bonds is 10. The molecule has 4 aromatic rings. The molecule has 1 saturated heterocycles. The van der Waals surface area contributed by atoms with Gasteiger partial charge in [0.15, 0.2) is 0 Å². The van der Waals surface area contributed by atoms with Crippen molar-refractivity contribution in [2.24, 2.45) is 0 Å². The summed E-state index contributed by atoms with van der Waals surface area (Å²) in [7, 11) is 0. The van der Waals surface area contributed by atoms with Gasteiger partial charge in [-0.3, -0.25) is 4.79 Å². The molecule has 5 rings (SSSR count). The molecule has 0 radical (unpaired) electrons. The van der Waals surface area contributed by atoms with Crippen LogP contribution >= 0.6 is 0 Å². The van der Waals surface area contributed by atoms with Gasteiger partial charge >= 0.3 is 0 Å². The molecule has 1 aromatic heterocycles. The molecule has 0 N–H and O–H groups in total. The number of imidazole rings is 1. The number of allylic oxidation sites excluding steroid dienone is 1. The second-order valence-electron chi connectivity index (χ2n) is 9.34. The van der Waals surface area contributed by atoms with Crippen molar-refractivity contribution in [3.63, 3.8) is 0 Å². The molecule has 5 nitrogen and oxygen atoms in total. The van der Waals surface area contributed by atoms with Crippen molar-refractivity contribution in [1.82, 2.24) is 9.55 Å². The summed E-state index contributed by atoms with van der Waals surface area (Å²) in [6.45, 7) is 8.04. The third-order valence-electron chi connectivity index (χ3n) is 6.95. The topological polar surface area (TPSA) is 47.4 Å². The second-order valence-corrected chi connectivity index (χ2v) is 9.34. The molecule has 0 aliphatic carbocycles. The van der Waals surface area contributed by atoms with Crippen LogP contribution in [0.15, 0.2) is 85.5 Å². The minimum Gasteiger partial charge on any atom is -0.493 e. The summed E-state index contributed by atoms with van der Waals surface area (Å²) < 4.78 is 8.42. The van der Waals surface area contributed by atoms with Crippen molar-refractivity contribution in [2.45, 2.75) is 45.1 Å². The lowest BCUT2D eigenvalue weighted by atomic mass is 10.1. The zero-order chi connectivity index (χ0) is 24.9. The molecule has 1 unspecified atom stereocenters. The van der Waals surface area contributed by atoms with Gasteiger partial charge in [-0.05, 0) is 60.7 Å². The first-order chi connectivity index (χ1) is 17.7.